The van der Waals surface area contributed by atoms with Crippen molar-refractivity contribution in [3.63, 3.8) is 0 Å². The highest BCUT2D eigenvalue weighted by Gasteiger charge is 2.44. The summed E-state index contributed by atoms with van der Waals surface area (Å²) in [6.45, 7) is 9.46. The van der Waals surface area contributed by atoms with Gasteiger partial charge in [-0.3, -0.25) is 9.69 Å². The number of carbonyl (C=O) groups is 2. The van der Waals surface area contributed by atoms with E-state index in [4.69, 9.17) is 14.2 Å². The van der Waals surface area contributed by atoms with Gasteiger partial charge in [0.05, 0.1) is 19.8 Å². The number of benzene rings is 3. The second-order valence-electron chi connectivity index (χ2n) is 14.0. The van der Waals surface area contributed by atoms with Crippen LogP contribution in [0.4, 0.5) is 8.78 Å². The van der Waals surface area contributed by atoms with Gasteiger partial charge in [-0.1, -0.05) is 62.4 Å². The lowest BCUT2D eigenvalue weighted by Crippen LogP contribution is -2.50. The minimum atomic E-state index is -1.26. The van der Waals surface area contributed by atoms with Gasteiger partial charge in [-0.25, -0.2) is 13.6 Å². The van der Waals surface area contributed by atoms with Crippen LogP contribution in [0.3, 0.4) is 0 Å². The molecule has 3 aromatic rings. The van der Waals surface area contributed by atoms with Crippen LogP contribution < -0.4 is 4.74 Å². The molecule has 0 bridgehead atoms. The van der Waals surface area contributed by atoms with Gasteiger partial charge in [-0.2, -0.15) is 0 Å². The normalized spacial score (nSPS) is 21.1. The quantitative estimate of drug-likeness (QED) is 0.134. The Hall–Kier alpha value is -4.12. The maximum absolute atomic E-state index is 14.4. The molecule has 8 nitrogen and oxygen atoms in total. The molecule has 2 fully saturated rings. The highest BCUT2D eigenvalue weighted by molar-refractivity contribution is 5.87. The molecule has 0 saturated carbocycles. The van der Waals surface area contributed by atoms with Crippen molar-refractivity contribution >= 4 is 11.9 Å². The molecule has 51 heavy (non-hydrogen) atoms. The van der Waals surface area contributed by atoms with Crippen molar-refractivity contribution in [2.24, 2.45) is 11.8 Å². The van der Waals surface area contributed by atoms with Crippen molar-refractivity contribution in [1.29, 1.82) is 0 Å². The zero-order valence-electron chi connectivity index (χ0n) is 29.8. The van der Waals surface area contributed by atoms with Crippen LogP contribution >= 0.6 is 0 Å². The molecule has 1 amide bonds. The Morgan fingerprint density at radius 1 is 1.02 bits per heavy atom. The third-order valence-electron chi connectivity index (χ3n) is 10.1. The molecule has 274 valence electrons. The first-order chi connectivity index (χ1) is 24.6. The fraction of sp³-hybridized carbons (Fsp3) is 0.463. The number of methoxy groups -OCH3 is 1. The summed E-state index contributed by atoms with van der Waals surface area (Å²) in [6.07, 6.45) is 0.754. The number of hydrogen-bond acceptors (Lipinski definition) is 7. The number of aryl methyl sites for hydroxylation is 1. The van der Waals surface area contributed by atoms with E-state index in [1.807, 2.05) is 68.4 Å². The van der Waals surface area contributed by atoms with Crippen molar-refractivity contribution in [3.8, 4) is 5.75 Å². The van der Waals surface area contributed by atoms with Gasteiger partial charge in [-0.15, -0.1) is 6.58 Å². The first-order valence-corrected chi connectivity index (χ1v) is 17.8. The third kappa shape index (κ3) is 10.0. The smallest absolute Gasteiger partial charge is 0.329 e. The van der Waals surface area contributed by atoms with Crippen LogP contribution in [-0.4, -0.2) is 84.0 Å². The van der Waals surface area contributed by atoms with Gasteiger partial charge in [0.2, 0.25) is 5.91 Å². The van der Waals surface area contributed by atoms with E-state index in [1.54, 1.807) is 18.1 Å². The SMILES string of the molecule is C=CCO[C@@H]1C[C@H]([C@H](O)[C@H](Cc2cc(F)cc(F)c2)OC(=O)C(CCc2ccccc2)N2CC[C@H](C(C)C)C2=O)N(Cc2ccc(OC)cc2)C1. The van der Waals surface area contributed by atoms with E-state index < -0.39 is 41.9 Å². The number of likely N-dealkylation sites (tertiary alicyclic amines) is 2. The van der Waals surface area contributed by atoms with E-state index in [9.17, 15) is 23.5 Å². The predicted octanol–water partition coefficient (Wildman–Crippen LogP) is 6.14. The molecule has 5 rings (SSSR count). The zero-order chi connectivity index (χ0) is 36.5. The molecule has 1 unspecified atom stereocenters. The summed E-state index contributed by atoms with van der Waals surface area (Å²) >= 11 is 0. The lowest BCUT2D eigenvalue weighted by molar-refractivity contribution is -0.166. The van der Waals surface area contributed by atoms with E-state index in [0.717, 1.165) is 22.9 Å². The van der Waals surface area contributed by atoms with Gasteiger partial charge in [0.15, 0.2) is 0 Å². The molecule has 3 aromatic carbocycles. The maximum atomic E-state index is 14.4. The fourth-order valence-electron chi connectivity index (χ4n) is 7.39. The Bertz CT molecular complexity index is 1580. The minimum Gasteiger partial charge on any atom is -0.497 e. The highest BCUT2D eigenvalue weighted by Crippen LogP contribution is 2.32. The molecule has 2 aliphatic rings. The summed E-state index contributed by atoms with van der Waals surface area (Å²) in [6, 6.07) is 19.0. The molecule has 2 heterocycles. The Morgan fingerprint density at radius 3 is 2.35 bits per heavy atom. The number of esters is 1. The zero-order valence-corrected chi connectivity index (χ0v) is 29.8. The van der Waals surface area contributed by atoms with Crippen LogP contribution in [-0.2, 0) is 38.4 Å². The van der Waals surface area contributed by atoms with Crippen molar-refractivity contribution in [3.05, 3.63) is 114 Å². The second-order valence-corrected chi connectivity index (χ2v) is 14.0. The standard InChI is InChI=1S/C41H50F2N2O6/c1-5-19-50-34-24-37(44(26-34)25-29-11-14-33(49-4)15-12-29)39(46)38(22-30-20-31(42)23-32(43)21-30)51-41(48)36(16-13-28-9-7-6-8-10-28)45-18-17-35(27(2)3)40(45)47/h5-12,14-15,20-21,23,27,34-39,46H,1,13,16-19,22,24-26H2,2-4H3/t34-,35-,36?,37-,38+,39+/m1/s1. The van der Waals surface area contributed by atoms with Gasteiger partial charge in [-0.05, 0) is 72.6 Å². The summed E-state index contributed by atoms with van der Waals surface area (Å²) in [4.78, 5) is 31.7. The van der Waals surface area contributed by atoms with E-state index in [2.05, 4.69) is 11.5 Å². The molecule has 0 spiro atoms. The molecule has 0 aromatic heterocycles. The Morgan fingerprint density at radius 2 is 1.73 bits per heavy atom. The summed E-state index contributed by atoms with van der Waals surface area (Å²) < 4.78 is 46.4. The van der Waals surface area contributed by atoms with E-state index >= 15 is 0 Å². The van der Waals surface area contributed by atoms with Gasteiger partial charge in [0.1, 0.15) is 35.6 Å². The van der Waals surface area contributed by atoms with Gasteiger partial charge in [0, 0.05) is 44.1 Å². The number of halogens is 2. The van der Waals surface area contributed by atoms with Crippen LogP contribution in [0.5, 0.6) is 5.75 Å². The summed E-state index contributed by atoms with van der Waals surface area (Å²) in [7, 11) is 1.60. The Balaban J connectivity index is 1.44. The number of amides is 1. The van der Waals surface area contributed by atoms with Crippen molar-refractivity contribution in [1.82, 2.24) is 9.80 Å². The van der Waals surface area contributed by atoms with Crippen molar-refractivity contribution in [2.75, 3.05) is 26.8 Å². The summed E-state index contributed by atoms with van der Waals surface area (Å²) in [5.41, 5.74) is 2.23. The fourth-order valence-corrected chi connectivity index (χ4v) is 7.39. The van der Waals surface area contributed by atoms with Gasteiger partial charge >= 0.3 is 5.97 Å². The van der Waals surface area contributed by atoms with Gasteiger partial charge in [0.25, 0.3) is 0 Å². The lowest BCUT2D eigenvalue weighted by Gasteiger charge is -2.35. The third-order valence-corrected chi connectivity index (χ3v) is 10.1. The van der Waals surface area contributed by atoms with Gasteiger partial charge < -0.3 is 24.2 Å². The molecule has 2 aliphatic heterocycles. The molecule has 0 radical (unpaired) electrons. The summed E-state index contributed by atoms with van der Waals surface area (Å²) in [5.74, 6) is -1.65. The highest BCUT2D eigenvalue weighted by atomic mass is 19.1. The number of ether oxygens (including phenoxy) is 3. The topological polar surface area (TPSA) is 88.5 Å². The predicted molar refractivity (Wildman–Crippen MR) is 191 cm³/mol. The number of carbonyl (C=O) groups excluding carboxylic acids is 2. The van der Waals surface area contributed by atoms with Crippen LogP contribution in [0.25, 0.3) is 0 Å². The average molecular weight is 705 g/mol. The first-order valence-electron chi connectivity index (χ1n) is 17.8. The number of nitrogens with zero attached hydrogens (tertiary/aromatic N) is 2. The van der Waals surface area contributed by atoms with Crippen LogP contribution in [0.15, 0.2) is 85.5 Å². The Labute approximate surface area is 300 Å². The molecule has 0 aliphatic carbocycles. The molecular weight excluding hydrogens is 654 g/mol. The molecule has 10 heteroatoms. The molecule has 2 saturated heterocycles. The Kier molecular flexibility index (Phi) is 13.4. The molecule has 1 N–H and O–H groups in total. The molecule has 6 atom stereocenters. The average Bonchev–Trinajstić information content (AvgIpc) is 3.70. The van der Waals surface area contributed by atoms with Crippen LogP contribution in [0.1, 0.15) is 49.8 Å². The molecular formula is C41H50F2N2O6. The summed E-state index contributed by atoms with van der Waals surface area (Å²) in [5, 5.41) is 12.2. The van der Waals surface area contributed by atoms with Crippen molar-refractivity contribution in [2.45, 2.75) is 82.9 Å². The van der Waals surface area contributed by atoms with E-state index in [0.29, 0.717) is 51.9 Å². The minimum absolute atomic E-state index is 0.0898. The number of hydrogen-bond donors (Lipinski definition) is 1. The first kappa shape index (κ1) is 38.1. The maximum Gasteiger partial charge on any atom is 0.329 e. The van der Waals surface area contributed by atoms with E-state index in [1.165, 1.54) is 12.1 Å². The van der Waals surface area contributed by atoms with Crippen LogP contribution in [0.2, 0.25) is 0 Å². The number of rotatable bonds is 17. The second kappa shape index (κ2) is 17.9. The number of aliphatic hydroxyl groups is 1. The number of aliphatic hydroxyl groups excluding tert-OH is 1. The van der Waals surface area contributed by atoms with E-state index in [-0.39, 0.29) is 35.8 Å². The van der Waals surface area contributed by atoms with Crippen LogP contribution in [0, 0.1) is 23.5 Å². The monoisotopic (exact) mass is 704 g/mol. The largest absolute Gasteiger partial charge is 0.497 e. The lowest BCUT2D eigenvalue weighted by atomic mass is 9.94. The van der Waals surface area contributed by atoms with Crippen molar-refractivity contribution < 1.29 is 37.7 Å².